The van der Waals surface area contributed by atoms with Crippen LogP contribution in [-0.4, -0.2) is 29.0 Å². The molecule has 0 aliphatic carbocycles. The minimum atomic E-state index is 0.293. The number of hydrazine groups is 1. The van der Waals surface area contributed by atoms with Crippen molar-refractivity contribution in [3.63, 3.8) is 0 Å². The fraction of sp³-hybridized carbons (Fsp3) is 0.450. The van der Waals surface area contributed by atoms with Gasteiger partial charge in [-0.1, -0.05) is 35.9 Å². The van der Waals surface area contributed by atoms with Crippen LogP contribution in [0.1, 0.15) is 36.4 Å². The number of nitrogens with one attached hydrogen (secondary N) is 2. The largest absolute Gasteiger partial charge is 0.383 e. The number of halogens is 1. The van der Waals surface area contributed by atoms with Crippen molar-refractivity contribution in [2.24, 2.45) is 5.92 Å². The average molecular weight is 372 g/mol. The number of anilines is 1. The Morgan fingerprint density at radius 3 is 2.69 bits per heavy atom. The molecule has 1 aromatic carbocycles. The second-order valence-corrected chi connectivity index (χ2v) is 7.77. The van der Waals surface area contributed by atoms with E-state index >= 15 is 0 Å². The number of likely N-dealkylation sites (tertiary alicyclic amines) is 1. The number of nitrogens with zero attached hydrogens (tertiary/aromatic N) is 2. The zero-order chi connectivity index (χ0) is 17.9. The maximum atomic E-state index is 6.36. The summed E-state index contributed by atoms with van der Waals surface area (Å²) >= 11 is 6.36. The Bertz CT molecular complexity index is 744. The monoisotopic (exact) mass is 371 g/mol. The predicted molar refractivity (Wildman–Crippen MR) is 106 cm³/mol. The van der Waals surface area contributed by atoms with Crippen molar-refractivity contribution in [1.29, 1.82) is 0 Å². The number of rotatable bonds is 4. The van der Waals surface area contributed by atoms with Crippen molar-refractivity contribution in [2.75, 3.05) is 18.8 Å². The minimum Gasteiger partial charge on any atom is -0.383 e. The minimum absolute atomic E-state index is 0.293. The van der Waals surface area contributed by atoms with E-state index in [1.807, 2.05) is 18.2 Å². The number of nitrogens with two attached hydrogens (primary N) is 1. The Morgan fingerprint density at radius 2 is 1.92 bits per heavy atom. The number of benzene rings is 1. The molecule has 2 aromatic rings. The van der Waals surface area contributed by atoms with E-state index in [9.17, 15) is 0 Å². The molecular weight excluding hydrogens is 346 g/mol. The zero-order valence-corrected chi connectivity index (χ0v) is 15.6. The molecule has 2 aliphatic rings. The van der Waals surface area contributed by atoms with E-state index in [1.54, 1.807) is 6.20 Å². The highest BCUT2D eigenvalue weighted by atomic mass is 35.5. The Hall–Kier alpha value is -1.66. The fourth-order valence-corrected chi connectivity index (χ4v) is 4.46. The summed E-state index contributed by atoms with van der Waals surface area (Å²) in [5.41, 5.74) is 15.3. The van der Waals surface area contributed by atoms with Crippen molar-refractivity contribution >= 4 is 17.4 Å². The van der Waals surface area contributed by atoms with Gasteiger partial charge in [-0.25, -0.2) is 10.4 Å². The van der Waals surface area contributed by atoms with Gasteiger partial charge in [-0.2, -0.15) is 0 Å². The van der Waals surface area contributed by atoms with Crippen LogP contribution in [0.15, 0.2) is 42.6 Å². The summed E-state index contributed by atoms with van der Waals surface area (Å²) in [4.78, 5) is 6.67. The zero-order valence-electron chi connectivity index (χ0n) is 14.9. The Balaban J connectivity index is 1.30. The highest BCUT2D eigenvalue weighted by Crippen LogP contribution is 2.33. The molecule has 4 N–H and O–H groups in total. The van der Waals surface area contributed by atoms with Gasteiger partial charge in [0.2, 0.25) is 0 Å². The number of aromatic nitrogens is 1. The van der Waals surface area contributed by atoms with Crippen LogP contribution < -0.4 is 16.6 Å². The van der Waals surface area contributed by atoms with Crippen LogP contribution in [0, 0.1) is 5.92 Å². The lowest BCUT2D eigenvalue weighted by atomic mass is 9.86. The Morgan fingerprint density at radius 1 is 1.12 bits per heavy atom. The van der Waals surface area contributed by atoms with Gasteiger partial charge in [0.1, 0.15) is 5.82 Å². The summed E-state index contributed by atoms with van der Waals surface area (Å²) < 4.78 is 0. The molecule has 2 aliphatic heterocycles. The van der Waals surface area contributed by atoms with Crippen LogP contribution in [0.5, 0.6) is 0 Å². The molecule has 4 rings (SSSR count). The molecule has 1 aromatic heterocycles. The van der Waals surface area contributed by atoms with E-state index in [4.69, 9.17) is 17.3 Å². The summed E-state index contributed by atoms with van der Waals surface area (Å²) in [6, 6.07) is 12.9. The van der Waals surface area contributed by atoms with Gasteiger partial charge in [-0.15, -0.1) is 0 Å². The van der Waals surface area contributed by atoms with Gasteiger partial charge in [0.05, 0.1) is 0 Å². The molecule has 0 amide bonds. The molecule has 3 heterocycles. The number of piperidine rings is 1. The first-order valence-electron chi connectivity index (χ1n) is 9.38. The Kier molecular flexibility index (Phi) is 5.41. The number of hydrogen-bond donors (Lipinski definition) is 3. The molecule has 0 radical (unpaired) electrons. The Labute approximate surface area is 159 Å². The first-order chi connectivity index (χ1) is 12.7. The third-order valence-corrected chi connectivity index (χ3v) is 6.08. The molecule has 2 atom stereocenters. The number of nitrogen functional groups attached to an aromatic ring is 1. The van der Waals surface area contributed by atoms with Crippen LogP contribution >= 0.6 is 11.6 Å². The quantitative estimate of drug-likeness (QED) is 0.770. The molecule has 2 fully saturated rings. The van der Waals surface area contributed by atoms with Crippen molar-refractivity contribution in [2.45, 2.75) is 37.9 Å². The summed E-state index contributed by atoms with van der Waals surface area (Å²) in [5.74, 6) is 1.34. The summed E-state index contributed by atoms with van der Waals surface area (Å²) in [7, 11) is 0. The normalized spacial score (nSPS) is 24.8. The van der Waals surface area contributed by atoms with Crippen LogP contribution in [0.25, 0.3) is 0 Å². The maximum Gasteiger partial charge on any atom is 0.127 e. The lowest BCUT2D eigenvalue weighted by Crippen LogP contribution is -2.42. The lowest BCUT2D eigenvalue weighted by Gasteiger charge is -2.34. The smallest absolute Gasteiger partial charge is 0.127 e. The molecule has 0 saturated carbocycles. The van der Waals surface area contributed by atoms with Crippen molar-refractivity contribution in [3.8, 4) is 0 Å². The summed E-state index contributed by atoms with van der Waals surface area (Å²) in [6.45, 7) is 3.10. The molecule has 2 saturated heterocycles. The molecule has 0 bridgehead atoms. The van der Waals surface area contributed by atoms with Gasteiger partial charge >= 0.3 is 0 Å². The first kappa shape index (κ1) is 17.7. The topological polar surface area (TPSA) is 66.2 Å². The van der Waals surface area contributed by atoms with Crippen LogP contribution in [0.4, 0.5) is 5.82 Å². The van der Waals surface area contributed by atoms with Gasteiger partial charge in [-0.3, -0.25) is 10.3 Å². The second kappa shape index (κ2) is 7.92. The average Bonchev–Trinajstić information content (AvgIpc) is 3.14. The highest BCUT2D eigenvalue weighted by Gasteiger charge is 2.33. The van der Waals surface area contributed by atoms with E-state index in [-0.39, 0.29) is 0 Å². The maximum absolute atomic E-state index is 6.36. The van der Waals surface area contributed by atoms with Crippen molar-refractivity contribution < 1.29 is 0 Å². The summed E-state index contributed by atoms with van der Waals surface area (Å²) in [6.07, 6.45) is 5.24. The van der Waals surface area contributed by atoms with E-state index in [0.717, 1.165) is 36.6 Å². The standard InChI is InChI=1S/C20H26ClN5/c21-17-6-2-1-5-16(17)19-12-18(24-25-19)14-7-10-26(11-8-14)13-15-4-3-9-23-20(15)22/h1-6,9,14,18-19,24-25H,7-8,10-13H2,(H2,22,23). The number of pyridine rings is 1. The van der Waals surface area contributed by atoms with E-state index < -0.39 is 0 Å². The van der Waals surface area contributed by atoms with Gasteiger partial charge < -0.3 is 5.73 Å². The van der Waals surface area contributed by atoms with E-state index in [2.05, 4.69) is 38.9 Å². The van der Waals surface area contributed by atoms with Gasteiger partial charge in [0.25, 0.3) is 0 Å². The second-order valence-electron chi connectivity index (χ2n) is 7.37. The van der Waals surface area contributed by atoms with Gasteiger partial charge in [0, 0.05) is 35.4 Å². The molecule has 2 unspecified atom stereocenters. The molecule has 6 heteroatoms. The van der Waals surface area contributed by atoms with Gasteiger partial charge in [-0.05, 0) is 56.0 Å². The van der Waals surface area contributed by atoms with Gasteiger partial charge in [0.15, 0.2) is 0 Å². The third kappa shape index (κ3) is 3.86. The third-order valence-electron chi connectivity index (χ3n) is 5.73. The van der Waals surface area contributed by atoms with Crippen LogP contribution in [-0.2, 0) is 6.54 Å². The molecular formula is C20H26ClN5. The SMILES string of the molecule is Nc1ncccc1CN1CCC(C2CC(c3ccccc3Cl)NN2)CC1. The molecule has 5 nitrogen and oxygen atoms in total. The van der Waals surface area contributed by atoms with Crippen molar-refractivity contribution in [3.05, 3.63) is 58.7 Å². The van der Waals surface area contributed by atoms with E-state index in [1.165, 1.54) is 18.4 Å². The molecule has 0 spiro atoms. The van der Waals surface area contributed by atoms with Crippen LogP contribution in [0.2, 0.25) is 5.02 Å². The summed E-state index contributed by atoms with van der Waals surface area (Å²) in [5, 5.41) is 0.844. The van der Waals surface area contributed by atoms with Crippen LogP contribution in [0.3, 0.4) is 0 Å². The van der Waals surface area contributed by atoms with Crippen molar-refractivity contribution in [1.82, 2.24) is 20.7 Å². The highest BCUT2D eigenvalue weighted by molar-refractivity contribution is 6.31. The lowest BCUT2D eigenvalue weighted by molar-refractivity contribution is 0.156. The van der Waals surface area contributed by atoms with E-state index in [0.29, 0.717) is 23.8 Å². The molecule has 138 valence electrons. The number of hydrogen-bond acceptors (Lipinski definition) is 5. The first-order valence-corrected chi connectivity index (χ1v) is 9.75. The predicted octanol–water partition coefficient (Wildman–Crippen LogP) is 3.14. The molecule has 26 heavy (non-hydrogen) atoms. The fourth-order valence-electron chi connectivity index (χ4n) is 4.19.